The number of nitrogens with zero attached hydrogens (tertiary/aromatic N) is 3. The first kappa shape index (κ1) is 56.1. The van der Waals surface area contributed by atoms with Gasteiger partial charge in [0.05, 0.1) is 26.4 Å². The second-order valence-electron chi connectivity index (χ2n) is 15.5. The zero-order chi connectivity index (χ0) is 50.5. The third-order valence-electron chi connectivity index (χ3n) is 10.6. The fourth-order valence-electron chi connectivity index (χ4n) is 7.23. The molecular formula is C56H62BBrN3O8S. The third-order valence-corrected chi connectivity index (χ3v) is 11.1. The number of para-hydroxylation sites is 1. The van der Waals surface area contributed by atoms with E-state index < -0.39 is 0 Å². The molecule has 6 aromatic rings. The normalized spacial score (nSPS) is 10.2. The molecule has 0 aliphatic carbocycles. The fraction of sp³-hybridized carbons (Fsp3) is 0.286. The molecule has 0 amide bonds. The molecule has 0 bridgehead atoms. The predicted octanol–water partition coefficient (Wildman–Crippen LogP) is 13.2. The molecule has 6 rings (SSSR count). The zero-order valence-electron chi connectivity index (χ0n) is 40.4. The molecule has 6 aromatic carbocycles. The van der Waals surface area contributed by atoms with Crippen molar-refractivity contribution in [2.24, 2.45) is 4.30 Å². The van der Waals surface area contributed by atoms with Gasteiger partial charge in [0.2, 0.25) is 0 Å². The van der Waals surface area contributed by atoms with E-state index in [4.69, 9.17) is 18.9 Å². The second kappa shape index (κ2) is 31.6. The number of thiol groups is 1. The van der Waals surface area contributed by atoms with Crippen molar-refractivity contribution in [3.05, 3.63) is 178 Å². The van der Waals surface area contributed by atoms with E-state index >= 15 is 0 Å². The van der Waals surface area contributed by atoms with Crippen molar-refractivity contribution in [1.29, 1.82) is 0 Å². The summed E-state index contributed by atoms with van der Waals surface area (Å²) in [5.74, 6) is -0.691. The van der Waals surface area contributed by atoms with Crippen molar-refractivity contribution < 1.29 is 38.1 Å². The molecule has 0 unspecified atom stereocenters. The molecule has 0 aliphatic heterocycles. The first-order chi connectivity index (χ1) is 34.0. The average molecular weight is 1030 g/mol. The van der Waals surface area contributed by atoms with E-state index in [0.29, 0.717) is 77.8 Å². The van der Waals surface area contributed by atoms with Crippen LogP contribution in [0.5, 0.6) is 0 Å². The zero-order valence-corrected chi connectivity index (χ0v) is 42.9. The molecule has 11 nitrogen and oxygen atoms in total. The first-order valence-corrected chi connectivity index (χ1v) is 24.6. The Morgan fingerprint density at radius 1 is 0.414 bits per heavy atom. The van der Waals surface area contributed by atoms with Crippen LogP contribution in [0.2, 0.25) is 0 Å². The molecule has 0 saturated heterocycles. The number of ether oxygens (including phenoxy) is 4. The van der Waals surface area contributed by atoms with Gasteiger partial charge in [0.25, 0.3) is 0 Å². The summed E-state index contributed by atoms with van der Waals surface area (Å²) >= 11 is 6.70. The Balaban J connectivity index is 0.000000288. The quantitative estimate of drug-likeness (QED) is 0.0304. The summed E-state index contributed by atoms with van der Waals surface area (Å²) in [6.45, 7) is 8.89. The summed E-state index contributed by atoms with van der Waals surface area (Å²) < 4.78 is 23.8. The van der Waals surface area contributed by atoms with Crippen molar-refractivity contribution in [2.75, 3.05) is 36.2 Å². The number of anilines is 6. The van der Waals surface area contributed by atoms with E-state index in [1.165, 1.54) is 0 Å². The maximum absolute atomic E-state index is 11.7. The van der Waals surface area contributed by atoms with Gasteiger partial charge in [0.1, 0.15) is 0 Å². The SMILES string of the molecule is CCOC(=O)CCc1ccc(N(c2ccc(Br)cc2)c2ccc(CCC(=O)OCC)cc2)cc1.CCOC(=O)CCc1ccc(N(c2ccccc2)c2ccc(CCC(=O)OCC)cc2)cc1.[B]=NS. The van der Waals surface area contributed by atoms with Gasteiger partial charge < -0.3 is 28.7 Å². The Hall–Kier alpha value is -6.51. The molecule has 0 N–H and O–H groups in total. The standard InChI is InChI=1S/C28H30BrNO4.C28H31NO4.BHNS/c1-3-33-27(31)19-9-21-5-13-24(14-6-21)30(26-17-11-23(29)12-18-26)25-15-7-22(8-16-25)10-20-28(32)34-4-2;1-3-32-27(30)20-14-22-10-16-25(17-11-22)29(24-8-6-5-7-9-24)26-18-12-23(13-19-26)15-21-28(31)33-4-2;1-2-3/h5-8,11-18H,3-4,9-10,19-20H2,1-2H3;5-13,16-19H,3-4,14-15,20-21H2,1-2H3;3H. The van der Waals surface area contributed by atoms with E-state index in [2.05, 4.69) is 148 Å². The van der Waals surface area contributed by atoms with Crippen LogP contribution < -0.4 is 9.80 Å². The molecule has 0 fully saturated rings. The van der Waals surface area contributed by atoms with Gasteiger partial charge in [-0.25, -0.2) is 0 Å². The molecule has 0 heterocycles. The summed E-state index contributed by atoms with van der Waals surface area (Å²) in [6, 6.07) is 51.3. The molecule has 14 heteroatoms. The number of esters is 4. The molecule has 365 valence electrons. The van der Waals surface area contributed by atoms with E-state index in [1.54, 1.807) is 0 Å². The first-order valence-electron chi connectivity index (χ1n) is 23.5. The minimum absolute atomic E-state index is 0.171. The number of halogens is 1. The van der Waals surface area contributed by atoms with Gasteiger partial charge in [0, 0.05) is 64.3 Å². The average Bonchev–Trinajstić information content (AvgIpc) is 3.37. The van der Waals surface area contributed by atoms with Gasteiger partial charge in [-0.05, 0) is 161 Å². The Bertz CT molecular complexity index is 2370. The Morgan fingerprint density at radius 3 is 0.857 bits per heavy atom. The summed E-state index contributed by atoms with van der Waals surface area (Å²) in [6.07, 6.45) is 4.10. The van der Waals surface area contributed by atoms with E-state index in [9.17, 15) is 19.2 Å². The Kier molecular flexibility index (Phi) is 25.3. The summed E-state index contributed by atoms with van der Waals surface area (Å²) in [5, 5.41) is 0. The second-order valence-corrected chi connectivity index (χ2v) is 16.6. The number of aryl methyl sites for hydroxylation is 4. The van der Waals surface area contributed by atoms with Crippen LogP contribution in [0.25, 0.3) is 0 Å². The van der Waals surface area contributed by atoms with Crippen molar-refractivity contribution in [3.63, 3.8) is 0 Å². The van der Waals surface area contributed by atoms with Gasteiger partial charge in [-0.2, -0.15) is 0 Å². The van der Waals surface area contributed by atoms with Crippen molar-refractivity contribution in [3.8, 4) is 0 Å². The van der Waals surface area contributed by atoms with Crippen LogP contribution in [-0.4, -0.2) is 57.9 Å². The maximum atomic E-state index is 11.7. The van der Waals surface area contributed by atoms with E-state index in [0.717, 1.165) is 60.9 Å². The summed E-state index contributed by atoms with van der Waals surface area (Å²) in [7, 11) is 4.34. The molecule has 1 radical (unpaired) electrons. The molecule has 0 atom stereocenters. The van der Waals surface area contributed by atoms with Crippen LogP contribution in [0.3, 0.4) is 0 Å². The number of hydrogen-bond donors (Lipinski definition) is 1. The minimum atomic E-state index is -0.175. The summed E-state index contributed by atoms with van der Waals surface area (Å²) in [5.41, 5.74) is 10.5. The monoisotopic (exact) mass is 1030 g/mol. The van der Waals surface area contributed by atoms with Crippen LogP contribution in [0.4, 0.5) is 34.1 Å². The van der Waals surface area contributed by atoms with Crippen LogP contribution >= 0.6 is 28.7 Å². The van der Waals surface area contributed by atoms with Gasteiger partial charge in [0.15, 0.2) is 0 Å². The molecule has 70 heavy (non-hydrogen) atoms. The number of carbonyl (C=O) groups is 4. The van der Waals surface area contributed by atoms with Crippen molar-refractivity contribution >= 4 is 94.4 Å². The molecule has 0 saturated carbocycles. The fourth-order valence-corrected chi connectivity index (χ4v) is 7.49. The topological polar surface area (TPSA) is 124 Å². The predicted molar refractivity (Wildman–Crippen MR) is 287 cm³/mol. The number of carbonyl (C=O) groups excluding carboxylic acids is 4. The van der Waals surface area contributed by atoms with Gasteiger partial charge >= 0.3 is 48.6 Å². The molecule has 0 aromatic heterocycles. The van der Waals surface area contributed by atoms with E-state index in [1.807, 2.05) is 82.3 Å². The van der Waals surface area contributed by atoms with Crippen LogP contribution in [-0.2, 0) is 63.8 Å². The Labute approximate surface area is 428 Å². The molecule has 0 aliphatic rings. The Morgan fingerprint density at radius 2 is 0.629 bits per heavy atom. The van der Waals surface area contributed by atoms with Crippen molar-refractivity contribution in [1.82, 2.24) is 0 Å². The molecular weight excluding hydrogens is 965 g/mol. The van der Waals surface area contributed by atoms with E-state index in [-0.39, 0.29) is 23.9 Å². The number of benzene rings is 6. The third kappa shape index (κ3) is 19.5. The van der Waals surface area contributed by atoms with Gasteiger partial charge in [-0.15, -0.1) is 0 Å². The van der Waals surface area contributed by atoms with Crippen LogP contribution in [0.1, 0.15) is 75.6 Å². The van der Waals surface area contributed by atoms with Crippen LogP contribution in [0.15, 0.2) is 160 Å². The van der Waals surface area contributed by atoms with Crippen molar-refractivity contribution in [2.45, 2.75) is 79.1 Å². The molecule has 0 spiro atoms. The number of hydrogen-bond acceptors (Lipinski definition) is 12. The van der Waals surface area contributed by atoms with Crippen LogP contribution in [0, 0.1) is 0 Å². The van der Waals surface area contributed by atoms with Gasteiger partial charge in [-0.1, -0.05) is 82.7 Å². The summed E-state index contributed by atoms with van der Waals surface area (Å²) in [4.78, 5) is 51.0. The number of rotatable bonds is 22. The van der Waals surface area contributed by atoms with Gasteiger partial charge in [-0.3, -0.25) is 19.2 Å².